The fraction of sp³-hybridized carbons (Fsp3) is 0.800. The van der Waals surface area contributed by atoms with E-state index in [0.717, 1.165) is 0 Å². The third-order valence-electron chi connectivity index (χ3n) is 2.72. The largest absolute Gasteiger partial charge is 0.385 e. The molecule has 4 nitrogen and oxygen atoms in total. The lowest BCUT2D eigenvalue weighted by atomic mass is 10.4. The highest BCUT2D eigenvalue weighted by Crippen LogP contribution is 2.45. The Balaban J connectivity index is 1.91. The van der Waals surface area contributed by atoms with Crippen LogP contribution in [0.15, 0.2) is 11.1 Å². The quantitative estimate of drug-likeness (QED) is 0.683. The van der Waals surface area contributed by atoms with Crippen LogP contribution in [-0.4, -0.2) is 38.1 Å². The number of sulfonamides is 1. The topological polar surface area (TPSA) is 46.6 Å². The molecule has 0 aromatic carbocycles. The molecule has 0 amide bonds. The third kappa shape index (κ3) is 2.93. The van der Waals surface area contributed by atoms with Gasteiger partial charge in [0.05, 0.1) is 11.6 Å². The number of nitrogens with zero attached hydrogens (tertiary/aromatic N) is 1. The smallest absolute Gasteiger partial charge is 0.235 e. The fourth-order valence-corrected chi connectivity index (χ4v) is 4.49. The molecule has 2 aliphatic rings. The molecule has 0 N–H and O–H groups in total. The molecule has 0 saturated heterocycles. The molecule has 1 saturated carbocycles. The van der Waals surface area contributed by atoms with Crippen molar-refractivity contribution in [2.24, 2.45) is 5.92 Å². The van der Waals surface area contributed by atoms with Gasteiger partial charge in [0, 0.05) is 24.8 Å². The predicted molar refractivity (Wildman–Crippen MR) is 65.4 cm³/mol. The van der Waals surface area contributed by atoms with Crippen molar-refractivity contribution in [2.45, 2.75) is 19.3 Å². The average Bonchev–Trinajstić information content (AvgIpc) is 2.96. The maximum Gasteiger partial charge on any atom is 0.235 e. The number of hydrogen-bond acceptors (Lipinski definition) is 4. The summed E-state index contributed by atoms with van der Waals surface area (Å²) in [5.41, 5.74) is 0. The van der Waals surface area contributed by atoms with Gasteiger partial charge in [-0.05, 0) is 25.2 Å². The van der Waals surface area contributed by atoms with E-state index < -0.39 is 10.0 Å². The van der Waals surface area contributed by atoms with Crippen LogP contribution in [0.3, 0.4) is 0 Å². The maximum atomic E-state index is 11.9. The molecule has 2 rings (SSSR count). The van der Waals surface area contributed by atoms with E-state index in [0.29, 0.717) is 24.8 Å². The summed E-state index contributed by atoms with van der Waals surface area (Å²) in [6, 6.07) is 0. The summed E-state index contributed by atoms with van der Waals surface area (Å²) in [5, 5.41) is 0. The van der Waals surface area contributed by atoms with Crippen molar-refractivity contribution < 1.29 is 13.2 Å². The van der Waals surface area contributed by atoms with E-state index in [9.17, 15) is 8.42 Å². The number of thioether (sulfide) groups is 1. The molecule has 0 aromatic heterocycles. The first-order chi connectivity index (χ1) is 7.63. The first-order valence-corrected chi connectivity index (χ1v) is 8.06. The molecule has 0 aromatic rings. The minimum Gasteiger partial charge on any atom is -0.385 e. The van der Waals surface area contributed by atoms with Gasteiger partial charge in [-0.2, -0.15) is 0 Å². The minimum atomic E-state index is -3.11. The Kier molecular flexibility index (Phi) is 3.81. The maximum absolute atomic E-state index is 11.9. The second-order valence-electron chi connectivity index (χ2n) is 4.13. The molecule has 1 aliphatic carbocycles. The van der Waals surface area contributed by atoms with Crippen molar-refractivity contribution in [3.8, 4) is 0 Å². The standard InChI is InChI=1S/C10H17NO3S2/c1-14-5-2-6-16(12,13)11-7-10(15-8-11)9-3-4-9/h7,9H,2-6,8H2,1H3. The van der Waals surface area contributed by atoms with Crippen LogP contribution in [0.25, 0.3) is 0 Å². The van der Waals surface area contributed by atoms with Gasteiger partial charge in [-0.3, -0.25) is 4.31 Å². The van der Waals surface area contributed by atoms with Crippen LogP contribution < -0.4 is 0 Å². The Hall–Kier alpha value is -0.200. The summed E-state index contributed by atoms with van der Waals surface area (Å²) in [6.45, 7) is 0.499. The minimum absolute atomic E-state index is 0.176. The van der Waals surface area contributed by atoms with E-state index in [1.165, 1.54) is 22.1 Å². The Morgan fingerprint density at radius 1 is 1.56 bits per heavy atom. The second-order valence-corrected chi connectivity index (χ2v) is 7.19. The van der Waals surface area contributed by atoms with Crippen molar-refractivity contribution in [3.05, 3.63) is 11.1 Å². The molecule has 0 atom stereocenters. The lowest BCUT2D eigenvalue weighted by Crippen LogP contribution is -2.26. The molecule has 1 fully saturated rings. The number of rotatable bonds is 6. The van der Waals surface area contributed by atoms with Gasteiger partial charge in [0.15, 0.2) is 0 Å². The number of ether oxygens (including phenoxy) is 1. The van der Waals surface area contributed by atoms with Gasteiger partial charge >= 0.3 is 0 Å². The van der Waals surface area contributed by atoms with E-state index in [4.69, 9.17) is 4.74 Å². The van der Waals surface area contributed by atoms with Gasteiger partial charge in [0.1, 0.15) is 0 Å². The van der Waals surface area contributed by atoms with Crippen molar-refractivity contribution >= 4 is 21.8 Å². The van der Waals surface area contributed by atoms with Gasteiger partial charge in [-0.15, -0.1) is 11.8 Å². The van der Waals surface area contributed by atoms with Crippen LogP contribution in [0.5, 0.6) is 0 Å². The second kappa shape index (κ2) is 4.98. The molecular formula is C10H17NO3S2. The molecule has 92 valence electrons. The highest BCUT2D eigenvalue weighted by atomic mass is 32.2. The Morgan fingerprint density at radius 2 is 2.31 bits per heavy atom. The predicted octanol–water partition coefficient (Wildman–Crippen LogP) is 1.61. The summed E-state index contributed by atoms with van der Waals surface area (Å²) < 4.78 is 30.2. The zero-order chi connectivity index (χ0) is 11.6. The van der Waals surface area contributed by atoms with Gasteiger partial charge in [-0.1, -0.05) is 0 Å². The van der Waals surface area contributed by atoms with E-state index in [2.05, 4.69) is 0 Å². The van der Waals surface area contributed by atoms with Crippen LogP contribution in [0.2, 0.25) is 0 Å². The molecule has 0 radical (unpaired) electrons. The zero-order valence-electron chi connectivity index (χ0n) is 9.39. The fourth-order valence-electron chi connectivity index (χ4n) is 1.61. The molecule has 1 aliphatic heterocycles. The SMILES string of the molecule is COCCCS(=O)(=O)N1C=C(C2CC2)SC1. The van der Waals surface area contributed by atoms with E-state index in [1.54, 1.807) is 18.9 Å². The summed E-state index contributed by atoms with van der Waals surface area (Å²) in [6.07, 6.45) is 4.82. The van der Waals surface area contributed by atoms with Crippen molar-refractivity contribution in [3.63, 3.8) is 0 Å². The van der Waals surface area contributed by atoms with E-state index in [-0.39, 0.29) is 5.75 Å². The first-order valence-electron chi connectivity index (χ1n) is 5.46. The molecule has 0 bridgehead atoms. The molecule has 0 unspecified atom stereocenters. The van der Waals surface area contributed by atoms with Crippen LogP contribution in [0.4, 0.5) is 0 Å². The van der Waals surface area contributed by atoms with Crippen LogP contribution >= 0.6 is 11.8 Å². The monoisotopic (exact) mass is 263 g/mol. The highest BCUT2D eigenvalue weighted by molar-refractivity contribution is 8.04. The van der Waals surface area contributed by atoms with Gasteiger partial charge in [0.25, 0.3) is 0 Å². The van der Waals surface area contributed by atoms with Crippen LogP contribution in [-0.2, 0) is 14.8 Å². The normalized spacial score (nSPS) is 21.3. The van der Waals surface area contributed by atoms with Crippen molar-refractivity contribution in [1.29, 1.82) is 0 Å². The van der Waals surface area contributed by atoms with Crippen molar-refractivity contribution in [2.75, 3.05) is 25.3 Å². The van der Waals surface area contributed by atoms with Gasteiger partial charge < -0.3 is 4.74 Å². The van der Waals surface area contributed by atoms with Gasteiger partial charge in [-0.25, -0.2) is 8.42 Å². The lowest BCUT2D eigenvalue weighted by Gasteiger charge is -2.14. The zero-order valence-corrected chi connectivity index (χ0v) is 11.0. The Labute approximate surface area is 101 Å². The third-order valence-corrected chi connectivity index (χ3v) is 5.81. The van der Waals surface area contributed by atoms with E-state index >= 15 is 0 Å². The van der Waals surface area contributed by atoms with Crippen molar-refractivity contribution in [1.82, 2.24) is 4.31 Å². The first kappa shape index (κ1) is 12.3. The summed E-state index contributed by atoms with van der Waals surface area (Å²) >= 11 is 1.66. The molecule has 1 heterocycles. The van der Waals surface area contributed by atoms with E-state index in [1.807, 2.05) is 6.20 Å². The Morgan fingerprint density at radius 3 is 2.94 bits per heavy atom. The molecule has 0 spiro atoms. The number of allylic oxidation sites excluding steroid dienone is 1. The highest BCUT2D eigenvalue weighted by Gasteiger charge is 2.33. The average molecular weight is 263 g/mol. The Bertz CT molecular complexity index is 374. The number of hydrogen-bond donors (Lipinski definition) is 0. The van der Waals surface area contributed by atoms with Crippen LogP contribution in [0.1, 0.15) is 19.3 Å². The summed E-state index contributed by atoms with van der Waals surface area (Å²) in [5.74, 6) is 1.38. The molecular weight excluding hydrogens is 246 g/mol. The molecule has 6 heteroatoms. The lowest BCUT2D eigenvalue weighted by molar-refractivity contribution is 0.199. The van der Waals surface area contributed by atoms with Crippen LogP contribution in [0, 0.1) is 5.92 Å². The summed E-state index contributed by atoms with van der Waals surface area (Å²) in [7, 11) is -1.53. The summed E-state index contributed by atoms with van der Waals surface area (Å²) in [4.78, 5) is 1.25. The molecule has 16 heavy (non-hydrogen) atoms. The van der Waals surface area contributed by atoms with Gasteiger partial charge in [0.2, 0.25) is 10.0 Å². The number of methoxy groups -OCH3 is 1.